The minimum Gasteiger partial charge on any atom is -0.481 e. The average molecular weight is 295 g/mol. The van der Waals surface area contributed by atoms with E-state index in [1.807, 2.05) is 0 Å². The molecule has 0 radical (unpaired) electrons. The Morgan fingerprint density at radius 1 is 1.70 bits per heavy atom. The second-order valence-corrected chi connectivity index (χ2v) is 6.00. The molecule has 7 nitrogen and oxygen atoms in total. The lowest BCUT2D eigenvalue weighted by molar-refractivity contribution is -0.153. The summed E-state index contributed by atoms with van der Waals surface area (Å²) in [5, 5.41) is 9.41. The molecular weight excluding hydrogens is 282 g/mol. The Morgan fingerprint density at radius 3 is 3.15 bits per heavy atom. The highest BCUT2D eigenvalue weighted by molar-refractivity contribution is 8.00. The zero-order chi connectivity index (χ0) is 14.3. The van der Waals surface area contributed by atoms with Gasteiger partial charge in [0, 0.05) is 12.3 Å². The lowest BCUT2D eigenvalue weighted by Gasteiger charge is -2.52. The molecule has 3 rings (SSSR count). The van der Waals surface area contributed by atoms with Crippen molar-refractivity contribution in [2.75, 3.05) is 12.3 Å². The quantitative estimate of drug-likeness (QED) is 0.755. The highest BCUT2D eigenvalue weighted by Crippen LogP contribution is 2.42. The second-order valence-electron chi connectivity index (χ2n) is 4.89. The van der Waals surface area contributed by atoms with Crippen molar-refractivity contribution in [1.82, 2.24) is 9.88 Å². The maximum Gasteiger partial charge on any atom is 0.316 e. The van der Waals surface area contributed by atoms with Crippen molar-refractivity contribution >= 4 is 29.7 Å². The molecule has 0 saturated carbocycles. The number of thioether (sulfide) groups is 1. The summed E-state index contributed by atoms with van der Waals surface area (Å²) in [6.45, 7) is 0.136. The van der Waals surface area contributed by atoms with Crippen molar-refractivity contribution in [3.8, 4) is 0 Å². The number of carbonyl (C=O) groups excluding carboxylic acids is 1. The smallest absolute Gasteiger partial charge is 0.316 e. The van der Waals surface area contributed by atoms with E-state index < -0.39 is 17.4 Å². The summed E-state index contributed by atoms with van der Waals surface area (Å²) in [6, 6.07) is -0.509. The number of hydrogen-bond donors (Lipinski definition) is 2. The number of carbonyl (C=O) groups is 2. The summed E-state index contributed by atoms with van der Waals surface area (Å²) >= 11 is 1.40. The molecule has 2 fully saturated rings. The molecule has 0 spiro atoms. The molecular formula is C12H13N3O4S. The first-order valence-electron chi connectivity index (χ1n) is 6.02. The van der Waals surface area contributed by atoms with E-state index in [0.717, 1.165) is 0 Å². The van der Waals surface area contributed by atoms with Crippen LogP contribution >= 0.6 is 11.8 Å². The number of nitrogens with two attached hydrogens (primary N) is 1. The van der Waals surface area contributed by atoms with E-state index in [9.17, 15) is 14.7 Å². The Morgan fingerprint density at radius 2 is 2.50 bits per heavy atom. The fourth-order valence-electron chi connectivity index (χ4n) is 2.35. The molecule has 3 N–H and O–H groups in total. The van der Waals surface area contributed by atoms with Crippen LogP contribution in [0.15, 0.2) is 23.1 Å². The summed E-state index contributed by atoms with van der Waals surface area (Å²) in [6.07, 6.45) is 5.91. The summed E-state index contributed by atoms with van der Waals surface area (Å²) < 4.78 is 5.05. The topological polar surface area (TPSA) is 110 Å². The number of oxazole rings is 1. The largest absolute Gasteiger partial charge is 0.481 e. The van der Waals surface area contributed by atoms with Gasteiger partial charge in [-0.3, -0.25) is 9.59 Å². The minimum absolute atomic E-state index is 0.103. The van der Waals surface area contributed by atoms with E-state index in [-0.39, 0.29) is 17.8 Å². The van der Waals surface area contributed by atoms with Crippen molar-refractivity contribution < 1.29 is 19.1 Å². The van der Waals surface area contributed by atoms with Crippen LogP contribution in [0.5, 0.6) is 0 Å². The Kier molecular flexibility index (Phi) is 3.06. The van der Waals surface area contributed by atoms with Crippen molar-refractivity contribution in [2.45, 2.75) is 11.4 Å². The van der Waals surface area contributed by atoms with Crippen molar-refractivity contribution in [2.24, 2.45) is 11.1 Å². The predicted molar refractivity (Wildman–Crippen MR) is 71.5 cm³/mol. The molecule has 8 heteroatoms. The highest BCUT2D eigenvalue weighted by Gasteiger charge is 2.54. The van der Waals surface area contributed by atoms with Gasteiger partial charge in [-0.2, -0.15) is 0 Å². The van der Waals surface area contributed by atoms with Crippen LogP contribution in [0.3, 0.4) is 0 Å². The number of β-lactam (4-membered cyclic amide) rings is 1. The number of carboxylic acids is 1. The first-order valence-corrected chi connectivity index (χ1v) is 7.07. The van der Waals surface area contributed by atoms with Gasteiger partial charge in [0.15, 0.2) is 6.39 Å². The Hall–Kier alpha value is -1.80. The van der Waals surface area contributed by atoms with Gasteiger partial charge < -0.3 is 20.2 Å². The van der Waals surface area contributed by atoms with E-state index in [1.54, 1.807) is 12.2 Å². The van der Waals surface area contributed by atoms with Crippen molar-refractivity contribution in [3.63, 3.8) is 0 Å². The SMILES string of the molecule is NC1C(=O)N2CC(/C=C\c3cnco3)(C(=O)O)CS[C@H]12. The Balaban J connectivity index is 1.83. The van der Waals surface area contributed by atoms with Crippen molar-refractivity contribution in [3.05, 3.63) is 24.4 Å². The third-order valence-electron chi connectivity index (χ3n) is 3.59. The molecule has 2 aliphatic rings. The minimum atomic E-state index is -1.12. The Labute approximate surface area is 118 Å². The van der Waals surface area contributed by atoms with Crippen LogP contribution in [0, 0.1) is 5.41 Å². The molecule has 20 heavy (non-hydrogen) atoms. The molecule has 106 valence electrons. The maximum atomic E-state index is 11.7. The van der Waals surface area contributed by atoms with Gasteiger partial charge in [-0.25, -0.2) is 4.98 Å². The van der Waals surface area contributed by atoms with Crippen LogP contribution in [0.1, 0.15) is 5.76 Å². The van der Waals surface area contributed by atoms with Crippen LogP contribution in [0.2, 0.25) is 0 Å². The van der Waals surface area contributed by atoms with E-state index >= 15 is 0 Å². The van der Waals surface area contributed by atoms with Crippen LogP contribution in [0.4, 0.5) is 0 Å². The van der Waals surface area contributed by atoms with Gasteiger partial charge in [-0.1, -0.05) is 6.08 Å². The first-order chi connectivity index (χ1) is 9.53. The maximum absolute atomic E-state index is 11.7. The summed E-state index contributed by atoms with van der Waals surface area (Å²) in [5.41, 5.74) is 4.57. The molecule has 0 bridgehead atoms. The van der Waals surface area contributed by atoms with E-state index in [0.29, 0.717) is 11.5 Å². The van der Waals surface area contributed by atoms with Crippen LogP contribution < -0.4 is 5.73 Å². The molecule has 2 unspecified atom stereocenters. The van der Waals surface area contributed by atoms with Gasteiger partial charge in [0.2, 0.25) is 5.91 Å². The molecule has 1 aromatic rings. The molecule has 2 aliphatic heterocycles. The van der Waals surface area contributed by atoms with E-state index in [2.05, 4.69) is 4.98 Å². The molecule has 1 aromatic heterocycles. The van der Waals surface area contributed by atoms with Gasteiger partial charge in [0.1, 0.15) is 22.6 Å². The number of aliphatic carboxylic acids is 1. The van der Waals surface area contributed by atoms with Gasteiger partial charge in [0.05, 0.1) is 6.20 Å². The standard InChI is InChI=1S/C12H13N3O4S/c13-8-9(16)15-4-12(11(17)18,5-20-10(8)15)2-1-7-3-14-6-19-7/h1-3,6,8,10H,4-5,13H2,(H,17,18)/b2-1-/t8?,10-,12?/m1/s1. The third-order valence-corrected chi connectivity index (χ3v) is 5.16. The number of rotatable bonds is 3. The lowest BCUT2D eigenvalue weighted by atomic mass is 9.86. The molecule has 0 aromatic carbocycles. The highest BCUT2D eigenvalue weighted by atomic mass is 32.2. The Bertz CT molecular complexity index is 573. The normalized spacial score (nSPS) is 33.0. The predicted octanol–water partition coefficient (Wildman–Crippen LogP) is 0.00120. The third kappa shape index (κ3) is 1.92. The number of hydrogen-bond acceptors (Lipinski definition) is 6. The molecule has 2 saturated heterocycles. The number of fused-ring (bicyclic) bond motifs is 1. The fraction of sp³-hybridized carbons (Fsp3) is 0.417. The number of amides is 1. The van der Waals surface area contributed by atoms with Gasteiger partial charge in [0.25, 0.3) is 0 Å². The molecule has 0 aliphatic carbocycles. The number of nitrogens with zero attached hydrogens (tertiary/aromatic N) is 2. The zero-order valence-corrected chi connectivity index (χ0v) is 11.2. The summed E-state index contributed by atoms with van der Waals surface area (Å²) in [7, 11) is 0. The molecule has 3 heterocycles. The second kappa shape index (κ2) is 4.64. The summed E-state index contributed by atoms with van der Waals surface area (Å²) in [5.74, 6) is -0.312. The lowest BCUT2D eigenvalue weighted by Crippen LogP contribution is -2.71. The summed E-state index contributed by atoms with van der Waals surface area (Å²) in [4.78, 5) is 28.6. The van der Waals surface area contributed by atoms with Gasteiger partial charge in [-0.15, -0.1) is 11.8 Å². The molecule has 1 amide bonds. The van der Waals surface area contributed by atoms with E-state index in [1.165, 1.54) is 29.3 Å². The van der Waals surface area contributed by atoms with Crippen LogP contribution in [-0.2, 0) is 9.59 Å². The van der Waals surface area contributed by atoms with Gasteiger partial charge >= 0.3 is 5.97 Å². The van der Waals surface area contributed by atoms with Crippen LogP contribution in [0.25, 0.3) is 6.08 Å². The molecule has 3 atom stereocenters. The average Bonchev–Trinajstić information content (AvgIpc) is 2.97. The zero-order valence-electron chi connectivity index (χ0n) is 10.4. The first kappa shape index (κ1) is 13.2. The monoisotopic (exact) mass is 295 g/mol. The van der Waals surface area contributed by atoms with Gasteiger partial charge in [-0.05, 0) is 6.08 Å². The van der Waals surface area contributed by atoms with E-state index in [4.69, 9.17) is 10.2 Å². The fourth-order valence-corrected chi connectivity index (χ4v) is 3.81. The van der Waals surface area contributed by atoms with Crippen LogP contribution in [-0.4, -0.2) is 50.6 Å². The number of aromatic nitrogens is 1. The number of carboxylic acid groups (broad SMARTS) is 1. The van der Waals surface area contributed by atoms with Crippen molar-refractivity contribution in [1.29, 1.82) is 0 Å².